The number of anilines is 1. The van der Waals surface area contributed by atoms with Crippen LogP contribution >= 0.6 is 11.3 Å². The standard InChI is InChI=1S/C14H17N3OS/c1-3-16-11-4-5-13(10(2)6-11)14(18)17-8-12-7-15-9-19-12/h4-7,9,16H,3,8H2,1-2H3,(H,17,18). The SMILES string of the molecule is CCNc1ccc(C(=O)NCc2cncs2)c(C)c1. The quantitative estimate of drug-likeness (QED) is 0.882. The number of aryl methyl sites for hydroxylation is 1. The Labute approximate surface area is 116 Å². The molecule has 1 aromatic carbocycles. The highest BCUT2D eigenvalue weighted by molar-refractivity contribution is 7.09. The highest BCUT2D eigenvalue weighted by atomic mass is 32.1. The number of hydrogen-bond donors (Lipinski definition) is 2. The number of thiazole rings is 1. The number of nitrogens with zero attached hydrogens (tertiary/aromatic N) is 1. The third-order valence-electron chi connectivity index (χ3n) is 2.76. The third kappa shape index (κ3) is 3.54. The van der Waals surface area contributed by atoms with Crippen molar-refractivity contribution in [3.05, 3.63) is 45.9 Å². The van der Waals surface area contributed by atoms with E-state index in [9.17, 15) is 4.79 Å². The van der Waals surface area contributed by atoms with Crippen molar-refractivity contribution in [1.82, 2.24) is 10.3 Å². The Morgan fingerprint density at radius 3 is 2.89 bits per heavy atom. The summed E-state index contributed by atoms with van der Waals surface area (Å²) in [5, 5.41) is 6.14. The lowest BCUT2D eigenvalue weighted by Crippen LogP contribution is -2.23. The fourth-order valence-corrected chi connectivity index (χ4v) is 2.36. The molecule has 2 aromatic rings. The van der Waals surface area contributed by atoms with E-state index >= 15 is 0 Å². The molecule has 0 spiro atoms. The van der Waals surface area contributed by atoms with Crippen LogP contribution in [0.1, 0.15) is 27.7 Å². The molecule has 19 heavy (non-hydrogen) atoms. The van der Waals surface area contributed by atoms with Gasteiger partial charge in [-0.3, -0.25) is 9.78 Å². The van der Waals surface area contributed by atoms with Gasteiger partial charge in [0.15, 0.2) is 0 Å². The number of nitrogens with one attached hydrogen (secondary N) is 2. The van der Waals surface area contributed by atoms with Gasteiger partial charge in [0.1, 0.15) is 0 Å². The number of hydrogen-bond acceptors (Lipinski definition) is 4. The van der Waals surface area contributed by atoms with Crippen LogP contribution in [0.5, 0.6) is 0 Å². The van der Waals surface area contributed by atoms with Gasteiger partial charge in [-0.1, -0.05) is 0 Å². The molecule has 0 saturated carbocycles. The Morgan fingerprint density at radius 2 is 2.26 bits per heavy atom. The molecule has 0 atom stereocenters. The maximum absolute atomic E-state index is 12.1. The minimum absolute atomic E-state index is 0.0473. The van der Waals surface area contributed by atoms with E-state index in [2.05, 4.69) is 15.6 Å². The van der Waals surface area contributed by atoms with Gasteiger partial charge >= 0.3 is 0 Å². The molecule has 2 rings (SSSR count). The summed E-state index contributed by atoms with van der Waals surface area (Å²) in [6, 6.07) is 5.78. The zero-order valence-electron chi connectivity index (χ0n) is 11.1. The molecule has 1 amide bonds. The van der Waals surface area contributed by atoms with E-state index in [-0.39, 0.29) is 5.91 Å². The second kappa shape index (κ2) is 6.33. The minimum Gasteiger partial charge on any atom is -0.385 e. The van der Waals surface area contributed by atoms with Crippen LogP contribution in [0.25, 0.3) is 0 Å². The van der Waals surface area contributed by atoms with Crippen LogP contribution in [0.3, 0.4) is 0 Å². The summed E-state index contributed by atoms with van der Waals surface area (Å²) >= 11 is 1.54. The molecule has 0 bridgehead atoms. The van der Waals surface area contributed by atoms with Gasteiger partial charge in [0.25, 0.3) is 5.91 Å². The third-order valence-corrected chi connectivity index (χ3v) is 3.54. The van der Waals surface area contributed by atoms with Gasteiger partial charge in [0.2, 0.25) is 0 Å². The van der Waals surface area contributed by atoms with Crippen molar-refractivity contribution >= 4 is 22.9 Å². The topological polar surface area (TPSA) is 54.0 Å². The van der Waals surface area contributed by atoms with Crippen LogP contribution in [-0.4, -0.2) is 17.4 Å². The lowest BCUT2D eigenvalue weighted by molar-refractivity contribution is 0.0950. The van der Waals surface area contributed by atoms with E-state index < -0.39 is 0 Å². The maximum atomic E-state index is 12.1. The van der Waals surface area contributed by atoms with Gasteiger partial charge in [-0.2, -0.15) is 0 Å². The molecule has 1 aromatic heterocycles. The predicted molar refractivity (Wildman–Crippen MR) is 78.6 cm³/mol. The summed E-state index contributed by atoms with van der Waals surface area (Å²) in [4.78, 5) is 17.1. The first kappa shape index (κ1) is 13.5. The van der Waals surface area contributed by atoms with Crippen molar-refractivity contribution in [2.24, 2.45) is 0 Å². The van der Waals surface area contributed by atoms with Gasteiger partial charge in [-0.05, 0) is 37.6 Å². The molecule has 5 heteroatoms. The molecule has 0 unspecified atom stereocenters. The van der Waals surface area contributed by atoms with Crippen LogP contribution in [0.4, 0.5) is 5.69 Å². The lowest BCUT2D eigenvalue weighted by atomic mass is 10.1. The summed E-state index contributed by atoms with van der Waals surface area (Å²) in [5.41, 5.74) is 4.49. The monoisotopic (exact) mass is 275 g/mol. The molecule has 0 fully saturated rings. The van der Waals surface area contributed by atoms with Gasteiger partial charge < -0.3 is 10.6 Å². The van der Waals surface area contributed by atoms with E-state index in [1.165, 1.54) is 11.3 Å². The average molecular weight is 275 g/mol. The van der Waals surface area contributed by atoms with Crippen LogP contribution in [0.15, 0.2) is 29.9 Å². The number of carbonyl (C=O) groups is 1. The van der Waals surface area contributed by atoms with E-state index in [1.807, 2.05) is 32.0 Å². The highest BCUT2D eigenvalue weighted by Crippen LogP contribution is 2.15. The van der Waals surface area contributed by atoms with Gasteiger partial charge in [0.05, 0.1) is 12.1 Å². The molecule has 0 aliphatic carbocycles. The van der Waals surface area contributed by atoms with Crippen molar-refractivity contribution in [2.45, 2.75) is 20.4 Å². The van der Waals surface area contributed by atoms with Crippen molar-refractivity contribution in [3.63, 3.8) is 0 Å². The first-order valence-corrected chi connectivity index (χ1v) is 7.08. The van der Waals surface area contributed by atoms with Crippen molar-refractivity contribution in [3.8, 4) is 0 Å². The lowest BCUT2D eigenvalue weighted by Gasteiger charge is -2.09. The Morgan fingerprint density at radius 1 is 1.42 bits per heavy atom. The summed E-state index contributed by atoms with van der Waals surface area (Å²) < 4.78 is 0. The smallest absolute Gasteiger partial charge is 0.251 e. The van der Waals surface area contributed by atoms with Crippen LogP contribution in [0.2, 0.25) is 0 Å². The fraction of sp³-hybridized carbons (Fsp3) is 0.286. The molecule has 0 aliphatic rings. The molecule has 0 aliphatic heterocycles. The van der Waals surface area contributed by atoms with Gasteiger partial charge in [-0.25, -0.2) is 0 Å². The normalized spacial score (nSPS) is 10.2. The minimum atomic E-state index is -0.0473. The Kier molecular flexibility index (Phi) is 4.52. The number of carbonyl (C=O) groups excluding carboxylic acids is 1. The second-order valence-corrected chi connectivity index (χ2v) is 5.18. The number of aromatic nitrogens is 1. The summed E-state index contributed by atoms with van der Waals surface area (Å²) in [7, 11) is 0. The zero-order valence-corrected chi connectivity index (χ0v) is 11.9. The largest absolute Gasteiger partial charge is 0.385 e. The first-order chi connectivity index (χ1) is 9.20. The van der Waals surface area contributed by atoms with Crippen LogP contribution < -0.4 is 10.6 Å². The summed E-state index contributed by atoms with van der Waals surface area (Å²) in [6.07, 6.45) is 1.77. The van der Waals surface area contributed by atoms with Crippen molar-refractivity contribution in [1.29, 1.82) is 0 Å². The van der Waals surface area contributed by atoms with E-state index in [0.29, 0.717) is 12.1 Å². The van der Waals surface area contributed by atoms with E-state index in [4.69, 9.17) is 0 Å². The molecule has 0 saturated heterocycles. The van der Waals surface area contributed by atoms with E-state index in [0.717, 1.165) is 22.7 Å². The molecular weight excluding hydrogens is 258 g/mol. The molecule has 1 heterocycles. The molecule has 4 nitrogen and oxygen atoms in total. The summed E-state index contributed by atoms with van der Waals surface area (Å²) in [6.45, 7) is 5.39. The van der Waals surface area contributed by atoms with Gasteiger partial charge in [-0.15, -0.1) is 11.3 Å². The van der Waals surface area contributed by atoms with Crippen molar-refractivity contribution in [2.75, 3.05) is 11.9 Å². The number of benzene rings is 1. The first-order valence-electron chi connectivity index (χ1n) is 6.20. The fourth-order valence-electron chi connectivity index (χ4n) is 1.82. The van der Waals surface area contributed by atoms with Gasteiger partial charge in [0, 0.05) is 28.9 Å². The van der Waals surface area contributed by atoms with Crippen molar-refractivity contribution < 1.29 is 4.79 Å². The molecular formula is C14H17N3OS. The van der Waals surface area contributed by atoms with Crippen LogP contribution in [0, 0.1) is 6.92 Å². The molecule has 0 radical (unpaired) electrons. The molecule has 100 valence electrons. The second-order valence-electron chi connectivity index (χ2n) is 4.21. The predicted octanol–water partition coefficient (Wildman–Crippen LogP) is 2.81. The highest BCUT2D eigenvalue weighted by Gasteiger charge is 2.09. The number of amides is 1. The Balaban J connectivity index is 2.02. The zero-order chi connectivity index (χ0) is 13.7. The Hall–Kier alpha value is -1.88. The van der Waals surface area contributed by atoms with E-state index in [1.54, 1.807) is 11.7 Å². The maximum Gasteiger partial charge on any atom is 0.251 e. The summed E-state index contributed by atoms with van der Waals surface area (Å²) in [5.74, 6) is -0.0473. The average Bonchev–Trinajstić information content (AvgIpc) is 2.89. The molecule has 2 N–H and O–H groups in total. The Bertz CT molecular complexity index is 552. The number of rotatable bonds is 5. The van der Waals surface area contributed by atoms with Crippen LogP contribution in [-0.2, 0) is 6.54 Å².